The molecule has 1 aliphatic heterocycles. The first-order valence-corrected chi connectivity index (χ1v) is 9.21. The molecule has 1 fully saturated rings. The van der Waals surface area contributed by atoms with Gasteiger partial charge in [0.25, 0.3) is 0 Å². The number of anilines is 1. The van der Waals surface area contributed by atoms with Crippen molar-refractivity contribution in [3.8, 4) is 0 Å². The number of fused-ring (bicyclic) bond motifs is 3. The molecule has 0 radical (unpaired) electrons. The van der Waals surface area contributed by atoms with Crippen LogP contribution >= 0.6 is 0 Å². The van der Waals surface area contributed by atoms with Crippen molar-refractivity contribution in [2.45, 2.75) is 38.6 Å². The quantitative estimate of drug-likeness (QED) is 0.626. The molecule has 0 saturated carbocycles. The van der Waals surface area contributed by atoms with Gasteiger partial charge in [-0.25, -0.2) is 14.8 Å². The van der Waals surface area contributed by atoms with E-state index in [-0.39, 0.29) is 22.8 Å². The van der Waals surface area contributed by atoms with Crippen LogP contribution in [-0.2, 0) is 10.9 Å². The lowest BCUT2D eigenvalue weighted by atomic mass is 10.1. The second-order valence-corrected chi connectivity index (χ2v) is 8.17. The largest absolute Gasteiger partial charge is 0.442 e. The van der Waals surface area contributed by atoms with E-state index in [2.05, 4.69) is 20.2 Å². The Balaban J connectivity index is 1.57. The van der Waals surface area contributed by atoms with Crippen LogP contribution in [0.15, 0.2) is 18.6 Å². The van der Waals surface area contributed by atoms with Crippen molar-refractivity contribution >= 4 is 28.7 Å². The lowest BCUT2D eigenvalue weighted by Crippen LogP contribution is -2.55. The molecule has 3 aromatic heterocycles. The minimum Gasteiger partial charge on any atom is -0.442 e. The van der Waals surface area contributed by atoms with Crippen LogP contribution < -0.4 is 4.90 Å². The number of hydrogen-bond donors (Lipinski definition) is 0. The number of halogens is 3. The highest BCUT2D eigenvalue weighted by Crippen LogP contribution is 2.32. The van der Waals surface area contributed by atoms with Crippen LogP contribution in [-0.4, -0.2) is 67.3 Å². The van der Waals surface area contributed by atoms with E-state index < -0.39 is 17.8 Å². The van der Waals surface area contributed by atoms with E-state index in [4.69, 9.17) is 4.74 Å². The highest BCUT2D eigenvalue weighted by molar-refractivity contribution is 5.81. The Kier molecular flexibility index (Phi) is 4.47. The van der Waals surface area contributed by atoms with Gasteiger partial charge in [-0.2, -0.15) is 13.2 Å². The fourth-order valence-corrected chi connectivity index (χ4v) is 2.97. The fraction of sp³-hybridized carbons (Fsp3) is 0.500. The maximum atomic E-state index is 13.0. The number of alkyl halides is 3. The summed E-state index contributed by atoms with van der Waals surface area (Å²) in [6.07, 6.45) is -3.20. The zero-order chi connectivity index (χ0) is 21.8. The number of pyridine rings is 1. The molecule has 0 spiro atoms. The second kappa shape index (κ2) is 6.67. The van der Waals surface area contributed by atoms with Crippen LogP contribution in [0.4, 0.5) is 23.8 Å². The smallest absolute Gasteiger partial charge is 0.417 e. The summed E-state index contributed by atoms with van der Waals surface area (Å²) < 4.78 is 46.0. The molecule has 1 aliphatic rings. The van der Waals surface area contributed by atoms with Gasteiger partial charge < -0.3 is 14.5 Å². The average molecular weight is 423 g/mol. The predicted molar refractivity (Wildman–Crippen MR) is 101 cm³/mol. The summed E-state index contributed by atoms with van der Waals surface area (Å²) in [5.41, 5.74) is -0.643. The first-order chi connectivity index (χ1) is 13.9. The van der Waals surface area contributed by atoms with Gasteiger partial charge in [-0.1, -0.05) is 0 Å². The SMILES string of the molecule is CN(C(=O)OC1CN(c2nc3ncc(C(F)(F)F)cc3n3cnnc23)C1)C(C)(C)C. The highest BCUT2D eigenvalue weighted by Gasteiger charge is 2.36. The summed E-state index contributed by atoms with van der Waals surface area (Å²) in [5.74, 6) is 0.420. The van der Waals surface area contributed by atoms with Gasteiger partial charge in [-0.15, -0.1) is 10.2 Å². The molecular weight excluding hydrogens is 403 g/mol. The number of amides is 1. The van der Waals surface area contributed by atoms with Crippen molar-refractivity contribution in [2.75, 3.05) is 25.0 Å². The van der Waals surface area contributed by atoms with Crippen molar-refractivity contribution in [1.82, 2.24) is 29.5 Å². The number of aromatic nitrogens is 5. The zero-order valence-electron chi connectivity index (χ0n) is 16.8. The van der Waals surface area contributed by atoms with Gasteiger partial charge in [-0.05, 0) is 26.8 Å². The summed E-state index contributed by atoms with van der Waals surface area (Å²) in [5, 5.41) is 7.80. The third-order valence-electron chi connectivity index (χ3n) is 5.09. The maximum absolute atomic E-state index is 13.0. The Hall–Kier alpha value is -3.18. The molecule has 3 aromatic rings. The summed E-state index contributed by atoms with van der Waals surface area (Å²) >= 11 is 0. The van der Waals surface area contributed by atoms with Gasteiger partial charge in [0.1, 0.15) is 12.4 Å². The van der Waals surface area contributed by atoms with Gasteiger partial charge in [0.05, 0.1) is 24.2 Å². The van der Waals surface area contributed by atoms with Crippen molar-refractivity contribution in [3.05, 3.63) is 24.2 Å². The molecular formula is C18H20F3N7O2. The molecule has 0 unspecified atom stereocenters. The summed E-state index contributed by atoms with van der Waals surface area (Å²) in [6, 6.07) is 0.971. The second-order valence-electron chi connectivity index (χ2n) is 8.17. The van der Waals surface area contributed by atoms with Crippen LogP contribution in [0.3, 0.4) is 0 Å². The van der Waals surface area contributed by atoms with Crippen molar-refractivity contribution < 1.29 is 22.7 Å². The molecule has 4 heterocycles. The lowest BCUT2D eigenvalue weighted by Gasteiger charge is -2.41. The first kappa shape index (κ1) is 20.1. The third-order valence-corrected chi connectivity index (χ3v) is 5.09. The van der Waals surface area contributed by atoms with Crippen molar-refractivity contribution in [1.29, 1.82) is 0 Å². The minimum absolute atomic E-state index is 0.137. The van der Waals surface area contributed by atoms with E-state index in [1.54, 1.807) is 7.05 Å². The lowest BCUT2D eigenvalue weighted by molar-refractivity contribution is -0.137. The molecule has 160 valence electrons. The van der Waals surface area contributed by atoms with Crippen LogP contribution in [0.2, 0.25) is 0 Å². The molecule has 0 aliphatic carbocycles. The van der Waals surface area contributed by atoms with E-state index in [0.717, 1.165) is 12.3 Å². The fourth-order valence-electron chi connectivity index (χ4n) is 2.97. The monoisotopic (exact) mass is 423 g/mol. The number of carbonyl (C=O) groups is 1. The van der Waals surface area contributed by atoms with E-state index in [0.29, 0.717) is 24.6 Å². The number of hydrogen-bond acceptors (Lipinski definition) is 7. The molecule has 9 nitrogen and oxygen atoms in total. The number of nitrogens with zero attached hydrogens (tertiary/aromatic N) is 7. The topological polar surface area (TPSA) is 88.8 Å². The van der Waals surface area contributed by atoms with Gasteiger partial charge in [0.2, 0.25) is 5.65 Å². The molecule has 30 heavy (non-hydrogen) atoms. The maximum Gasteiger partial charge on any atom is 0.417 e. The number of carbonyl (C=O) groups excluding carboxylic acids is 1. The molecule has 1 amide bonds. The molecule has 0 atom stereocenters. The molecule has 12 heteroatoms. The van der Waals surface area contributed by atoms with Crippen molar-refractivity contribution in [3.63, 3.8) is 0 Å². The van der Waals surface area contributed by atoms with Gasteiger partial charge in [-0.3, -0.25) is 4.40 Å². The Labute approximate surface area is 169 Å². The molecule has 0 bridgehead atoms. The van der Waals surface area contributed by atoms with E-state index in [1.807, 2.05) is 25.7 Å². The van der Waals surface area contributed by atoms with Crippen LogP contribution in [0, 0.1) is 0 Å². The third kappa shape index (κ3) is 3.46. The van der Waals surface area contributed by atoms with E-state index in [9.17, 15) is 18.0 Å². The standard InChI is InChI=1S/C18H20F3N7O2/c1-17(2,3)26(4)16(29)30-11-7-27(8-11)14-15-25-23-9-28(15)12-5-10(18(19,20)21)6-22-13(12)24-14/h5-6,9,11H,7-8H2,1-4H3. The summed E-state index contributed by atoms with van der Waals surface area (Å²) in [7, 11) is 1.67. The number of ether oxygens (including phenoxy) is 1. The first-order valence-electron chi connectivity index (χ1n) is 9.21. The number of rotatable bonds is 2. The van der Waals surface area contributed by atoms with Gasteiger partial charge >= 0.3 is 12.3 Å². The Morgan fingerprint density at radius 1 is 1.27 bits per heavy atom. The van der Waals surface area contributed by atoms with Crippen molar-refractivity contribution in [2.24, 2.45) is 0 Å². The highest BCUT2D eigenvalue weighted by atomic mass is 19.4. The van der Waals surface area contributed by atoms with Crippen LogP contribution in [0.1, 0.15) is 26.3 Å². The van der Waals surface area contributed by atoms with Crippen LogP contribution in [0.5, 0.6) is 0 Å². The van der Waals surface area contributed by atoms with E-state index >= 15 is 0 Å². The Morgan fingerprint density at radius 3 is 2.60 bits per heavy atom. The minimum atomic E-state index is -4.52. The zero-order valence-corrected chi connectivity index (χ0v) is 16.8. The summed E-state index contributed by atoms with van der Waals surface area (Å²) in [6.45, 7) is 6.47. The average Bonchev–Trinajstić information content (AvgIpc) is 3.11. The molecule has 4 rings (SSSR count). The predicted octanol–water partition coefficient (Wildman–Crippen LogP) is 2.75. The molecule has 1 saturated heterocycles. The van der Waals surface area contributed by atoms with E-state index in [1.165, 1.54) is 15.6 Å². The Bertz CT molecular complexity index is 1120. The van der Waals surface area contributed by atoms with Crippen LogP contribution in [0.25, 0.3) is 16.8 Å². The van der Waals surface area contributed by atoms with Gasteiger partial charge in [0.15, 0.2) is 11.5 Å². The summed E-state index contributed by atoms with van der Waals surface area (Å²) in [4.78, 5) is 23.8. The Morgan fingerprint density at radius 2 is 1.97 bits per heavy atom. The molecule has 0 N–H and O–H groups in total. The normalized spacial score (nSPS) is 15.5. The molecule has 0 aromatic carbocycles. The van der Waals surface area contributed by atoms with Gasteiger partial charge in [0, 0.05) is 18.8 Å².